The summed E-state index contributed by atoms with van der Waals surface area (Å²) in [5.74, 6) is 0.941. The Kier molecular flexibility index (Phi) is 4.30. The summed E-state index contributed by atoms with van der Waals surface area (Å²) in [5, 5.41) is 0. The summed E-state index contributed by atoms with van der Waals surface area (Å²) in [6.07, 6.45) is 2.47. The maximum absolute atomic E-state index is 5.95. The van der Waals surface area contributed by atoms with Crippen molar-refractivity contribution in [2.45, 2.75) is 26.9 Å². The summed E-state index contributed by atoms with van der Waals surface area (Å²) in [5.41, 5.74) is 6.04. The molecule has 0 radical (unpaired) electrons. The van der Waals surface area contributed by atoms with Gasteiger partial charge in [0.2, 0.25) is 0 Å². The molecular weight excluding hydrogens is 272 g/mol. The molecule has 0 spiro atoms. The lowest BCUT2D eigenvalue weighted by Crippen LogP contribution is -2.05. The van der Waals surface area contributed by atoms with Crippen molar-refractivity contribution in [3.8, 4) is 5.75 Å². The minimum absolute atomic E-state index is 0.273. The molecule has 22 heavy (non-hydrogen) atoms. The molecule has 1 fully saturated rings. The van der Waals surface area contributed by atoms with Crippen molar-refractivity contribution in [1.29, 1.82) is 0 Å². The van der Waals surface area contributed by atoms with E-state index in [1.54, 1.807) is 0 Å². The van der Waals surface area contributed by atoms with E-state index >= 15 is 0 Å². The molecular formula is C20H22O2. The molecule has 0 aliphatic carbocycles. The number of hydrogen-bond acceptors (Lipinski definition) is 2. The van der Waals surface area contributed by atoms with Gasteiger partial charge in [0, 0.05) is 5.56 Å². The van der Waals surface area contributed by atoms with Gasteiger partial charge in [0.25, 0.3) is 0 Å². The first-order valence-corrected chi connectivity index (χ1v) is 7.72. The Morgan fingerprint density at radius 3 is 2.50 bits per heavy atom. The number of aryl methyl sites for hydroxylation is 2. The van der Waals surface area contributed by atoms with Crippen molar-refractivity contribution in [1.82, 2.24) is 0 Å². The van der Waals surface area contributed by atoms with E-state index in [-0.39, 0.29) is 6.10 Å². The molecule has 2 heteroatoms. The first-order valence-electron chi connectivity index (χ1n) is 7.72. The predicted octanol–water partition coefficient (Wildman–Crippen LogP) is 4.64. The van der Waals surface area contributed by atoms with E-state index in [1.165, 1.54) is 22.3 Å². The zero-order chi connectivity index (χ0) is 15.5. The number of epoxide rings is 1. The Morgan fingerprint density at radius 1 is 1.14 bits per heavy atom. The van der Waals surface area contributed by atoms with Gasteiger partial charge in [-0.25, -0.2) is 0 Å². The minimum Gasteiger partial charge on any atom is -0.490 e. The highest BCUT2D eigenvalue weighted by Crippen LogP contribution is 2.29. The van der Waals surface area contributed by atoms with Gasteiger partial charge in [-0.15, -0.1) is 0 Å². The highest BCUT2D eigenvalue weighted by atomic mass is 16.6. The van der Waals surface area contributed by atoms with Crippen molar-refractivity contribution in [3.05, 3.63) is 64.7 Å². The smallest absolute Gasteiger partial charge is 0.127 e. The van der Waals surface area contributed by atoms with Crippen LogP contribution in [0.3, 0.4) is 0 Å². The molecule has 1 unspecified atom stereocenters. The fraction of sp³-hybridized carbons (Fsp3) is 0.300. The van der Waals surface area contributed by atoms with Crippen LogP contribution in [0.25, 0.3) is 11.6 Å². The number of allylic oxidation sites excluding steroid dienone is 1. The van der Waals surface area contributed by atoms with Gasteiger partial charge in [0.1, 0.15) is 18.5 Å². The van der Waals surface area contributed by atoms with Crippen LogP contribution in [0.15, 0.2) is 42.5 Å². The lowest BCUT2D eigenvalue weighted by molar-refractivity contribution is 0.262. The topological polar surface area (TPSA) is 21.8 Å². The lowest BCUT2D eigenvalue weighted by atomic mass is 10.0. The molecule has 0 aromatic heterocycles. The van der Waals surface area contributed by atoms with Crippen LogP contribution < -0.4 is 4.74 Å². The van der Waals surface area contributed by atoms with Crippen LogP contribution in [-0.2, 0) is 4.74 Å². The van der Waals surface area contributed by atoms with Crippen molar-refractivity contribution >= 4 is 11.6 Å². The summed E-state index contributed by atoms with van der Waals surface area (Å²) < 4.78 is 11.2. The first kappa shape index (κ1) is 14.9. The predicted molar refractivity (Wildman–Crippen MR) is 91.1 cm³/mol. The quantitative estimate of drug-likeness (QED) is 0.592. The molecule has 0 bridgehead atoms. The summed E-state index contributed by atoms with van der Waals surface area (Å²) in [7, 11) is 0. The second-order valence-electron chi connectivity index (χ2n) is 6.00. The van der Waals surface area contributed by atoms with Crippen LogP contribution in [0.1, 0.15) is 29.2 Å². The van der Waals surface area contributed by atoms with Crippen molar-refractivity contribution in [2.24, 2.45) is 0 Å². The minimum atomic E-state index is 0.273. The molecule has 0 N–H and O–H groups in total. The van der Waals surface area contributed by atoms with E-state index in [2.05, 4.69) is 69.3 Å². The number of rotatable bonds is 5. The molecule has 1 aliphatic rings. The summed E-state index contributed by atoms with van der Waals surface area (Å²) >= 11 is 0. The fourth-order valence-electron chi connectivity index (χ4n) is 2.41. The van der Waals surface area contributed by atoms with Crippen LogP contribution in [-0.4, -0.2) is 19.3 Å². The van der Waals surface area contributed by atoms with E-state index in [0.717, 1.165) is 17.9 Å². The van der Waals surface area contributed by atoms with Crippen molar-refractivity contribution in [2.75, 3.05) is 13.2 Å². The lowest BCUT2D eigenvalue weighted by Gasteiger charge is -2.12. The highest BCUT2D eigenvalue weighted by Gasteiger charge is 2.23. The standard InChI is InChI=1S/C20H22O2/c1-14-4-7-17(8-5-14)11-16(3)19-9-6-15(2)10-20(19)22-13-18-12-21-18/h4-11,18H,12-13H2,1-3H3. The Labute approximate surface area is 132 Å². The summed E-state index contributed by atoms with van der Waals surface area (Å²) in [6, 6.07) is 14.9. The van der Waals surface area contributed by atoms with Gasteiger partial charge >= 0.3 is 0 Å². The summed E-state index contributed by atoms with van der Waals surface area (Å²) in [6.45, 7) is 7.77. The van der Waals surface area contributed by atoms with Crippen molar-refractivity contribution < 1.29 is 9.47 Å². The molecule has 1 atom stereocenters. The molecule has 1 saturated heterocycles. The highest BCUT2D eigenvalue weighted by molar-refractivity contribution is 5.82. The molecule has 2 aromatic rings. The molecule has 114 valence electrons. The molecule has 2 aromatic carbocycles. The Balaban J connectivity index is 1.86. The van der Waals surface area contributed by atoms with Crippen LogP contribution in [0.2, 0.25) is 0 Å². The first-order chi connectivity index (χ1) is 10.6. The third-order valence-electron chi connectivity index (χ3n) is 3.85. The fourth-order valence-corrected chi connectivity index (χ4v) is 2.41. The van der Waals surface area contributed by atoms with Gasteiger partial charge in [-0.05, 0) is 43.5 Å². The van der Waals surface area contributed by atoms with Gasteiger partial charge in [-0.3, -0.25) is 0 Å². The number of hydrogen-bond donors (Lipinski definition) is 0. The van der Waals surface area contributed by atoms with Crippen LogP contribution in [0.5, 0.6) is 5.75 Å². The van der Waals surface area contributed by atoms with Gasteiger partial charge in [-0.1, -0.05) is 48.0 Å². The molecule has 0 saturated carbocycles. The van der Waals surface area contributed by atoms with Crippen LogP contribution in [0, 0.1) is 13.8 Å². The van der Waals surface area contributed by atoms with Crippen LogP contribution in [0.4, 0.5) is 0 Å². The number of ether oxygens (including phenoxy) is 2. The molecule has 3 rings (SSSR count). The average molecular weight is 294 g/mol. The molecule has 1 heterocycles. The number of benzene rings is 2. The molecule has 0 amide bonds. The van der Waals surface area contributed by atoms with E-state index in [4.69, 9.17) is 9.47 Å². The van der Waals surface area contributed by atoms with E-state index in [1.807, 2.05) is 0 Å². The van der Waals surface area contributed by atoms with Crippen molar-refractivity contribution in [3.63, 3.8) is 0 Å². The monoisotopic (exact) mass is 294 g/mol. The van der Waals surface area contributed by atoms with E-state index in [0.29, 0.717) is 6.61 Å². The zero-order valence-corrected chi connectivity index (χ0v) is 13.4. The third kappa shape index (κ3) is 3.77. The molecule has 2 nitrogen and oxygen atoms in total. The van der Waals surface area contributed by atoms with Gasteiger partial charge in [-0.2, -0.15) is 0 Å². The van der Waals surface area contributed by atoms with Gasteiger partial charge < -0.3 is 9.47 Å². The average Bonchev–Trinajstić information content (AvgIpc) is 3.32. The Morgan fingerprint density at radius 2 is 1.82 bits per heavy atom. The van der Waals surface area contributed by atoms with Gasteiger partial charge in [0.05, 0.1) is 6.61 Å². The Bertz CT molecular complexity index is 679. The Hall–Kier alpha value is -2.06. The largest absolute Gasteiger partial charge is 0.490 e. The maximum atomic E-state index is 5.95. The normalized spacial score (nSPS) is 17.4. The van der Waals surface area contributed by atoms with Gasteiger partial charge in [0.15, 0.2) is 0 Å². The SMILES string of the molecule is CC(=Cc1ccc(C)cc1)c1ccc(C)cc1OCC1CO1. The van der Waals surface area contributed by atoms with E-state index in [9.17, 15) is 0 Å². The second kappa shape index (κ2) is 6.37. The van der Waals surface area contributed by atoms with E-state index < -0.39 is 0 Å². The zero-order valence-electron chi connectivity index (χ0n) is 13.4. The maximum Gasteiger partial charge on any atom is 0.127 e. The third-order valence-corrected chi connectivity index (χ3v) is 3.85. The van der Waals surface area contributed by atoms with Crippen LogP contribution >= 0.6 is 0 Å². The molecule has 1 aliphatic heterocycles. The summed E-state index contributed by atoms with van der Waals surface area (Å²) in [4.78, 5) is 0. The second-order valence-corrected chi connectivity index (χ2v) is 6.00.